The minimum Gasteiger partial charge on any atom is -0.495 e. The Morgan fingerprint density at radius 3 is 2.23 bits per heavy atom. The van der Waals surface area contributed by atoms with Gasteiger partial charge in [-0.1, -0.05) is 80.0 Å². The summed E-state index contributed by atoms with van der Waals surface area (Å²) in [7, 11) is -2.47. The van der Waals surface area contributed by atoms with Crippen LogP contribution in [0.1, 0.15) is 25.0 Å². The number of carbonyl (C=O) groups excluding carboxylic acids is 2. The third-order valence-electron chi connectivity index (χ3n) is 6.23. The predicted octanol–water partition coefficient (Wildman–Crippen LogP) is 4.53. The highest BCUT2D eigenvalue weighted by Crippen LogP contribution is 2.30. The fourth-order valence-electron chi connectivity index (χ4n) is 4.24. The molecule has 2 amide bonds. The van der Waals surface area contributed by atoms with Gasteiger partial charge in [-0.2, -0.15) is 0 Å². The van der Waals surface area contributed by atoms with Crippen molar-refractivity contribution >= 4 is 39.1 Å². The Kier molecular flexibility index (Phi) is 11.0. The highest BCUT2D eigenvalue weighted by Gasteiger charge is 2.33. The lowest BCUT2D eigenvalue weighted by Gasteiger charge is -2.34. The molecule has 0 spiro atoms. The Bertz CT molecular complexity index is 1400. The van der Waals surface area contributed by atoms with Gasteiger partial charge < -0.3 is 15.0 Å². The number of anilines is 1. The number of nitrogens with zero attached hydrogens (tertiary/aromatic N) is 2. The van der Waals surface area contributed by atoms with Gasteiger partial charge in [0.2, 0.25) is 21.8 Å². The van der Waals surface area contributed by atoms with E-state index in [0.717, 1.165) is 16.1 Å². The largest absolute Gasteiger partial charge is 0.495 e. The standard InChI is InChI=1S/C30H36ClN3O5S/c1-22(2)19-32-30(36)27(18-23-11-6-5-7-12-23)33(20-24-13-10-14-25(31)17-24)29(35)21-34(40(4,37)38)26-15-8-9-16-28(26)39-3/h5-17,22,27H,18-21H2,1-4H3,(H,32,36). The molecule has 0 aliphatic heterocycles. The normalized spacial score (nSPS) is 12.1. The Morgan fingerprint density at radius 1 is 0.950 bits per heavy atom. The monoisotopic (exact) mass is 585 g/mol. The summed E-state index contributed by atoms with van der Waals surface area (Å²) in [6.07, 6.45) is 1.27. The number of benzene rings is 3. The van der Waals surface area contributed by atoms with E-state index in [1.807, 2.05) is 50.2 Å². The fraction of sp³-hybridized carbons (Fsp3) is 0.333. The van der Waals surface area contributed by atoms with E-state index in [1.54, 1.807) is 42.5 Å². The van der Waals surface area contributed by atoms with Gasteiger partial charge in [0.15, 0.2) is 0 Å². The van der Waals surface area contributed by atoms with Gasteiger partial charge in [0, 0.05) is 24.5 Å². The second-order valence-corrected chi connectivity index (χ2v) is 12.3. The average Bonchev–Trinajstić information content (AvgIpc) is 2.92. The molecule has 10 heteroatoms. The van der Waals surface area contributed by atoms with Crippen molar-refractivity contribution in [1.82, 2.24) is 10.2 Å². The lowest BCUT2D eigenvalue weighted by atomic mass is 10.0. The molecule has 0 saturated heterocycles. The van der Waals surface area contributed by atoms with Gasteiger partial charge in [-0.3, -0.25) is 13.9 Å². The molecule has 0 aliphatic carbocycles. The number of halogens is 1. The number of rotatable bonds is 13. The van der Waals surface area contributed by atoms with Crippen LogP contribution in [-0.2, 0) is 32.6 Å². The zero-order valence-corrected chi connectivity index (χ0v) is 24.8. The van der Waals surface area contributed by atoms with Crippen LogP contribution in [0.4, 0.5) is 5.69 Å². The molecular weight excluding hydrogens is 550 g/mol. The van der Waals surface area contributed by atoms with E-state index < -0.39 is 28.5 Å². The number of amides is 2. The van der Waals surface area contributed by atoms with E-state index in [4.69, 9.17) is 16.3 Å². The van der Waals surface area contributed by atoms with Crippen LogP contribution in [0.5, 0.6) is 5.75 Å². The third kappa shape index (κ3) is 8.72. The van der Waals surface area contributed by atoms with Crippen molar-refractivity contribution in [2.24, 2.45) is 5.92 Å². The molecule has 3 rings (SSSR count). The summed E-state index contributed by atoms with van der Waals surface area (Å²) in [6.45, 7) is 3.93. The van der Waals surface area contributed by atoms with E-state index in [1.165, 1.54) is 12.0 Å². The summed E-state index contributed by atoms with van der Waals surface area (Å²) in [5.41, 5.74) is 1.80. The Labute approximate surface area is 241 Å². The zero-order chi connectivity index (χ0) is 29.3. The third-order valence-corrected chi connectivity index (χ3v) is 7.59. The molecule has 0 radical (unpaired) electrons. The average molecular weight is 586 g/mol. The van der Waals surface area contributed by atoms with Crippen molar-refractivity contribution in [3.63, 3.8) is 0 Å². The van der Waals surface area contributed by atoms with Crippen LogP contribution in [-0.4, -0.2) is 57.6 Å². The predicted molar refractivity (Wildman–Crippen MR) is 159 cm³/mol. The highest BCUT2D eigenvalue weighted by atomic mass is 35.5. The molecule has 0 bridgehead atoms. The lowest BCUT2D eigenvalue weighted by Crippen LogP contribution is -2.53. The summed E-state index contributed by atoms with van der Waals surface area (Å²) < 4.78 is 32.3. The van der Waals surface area contributed by atoms with Crippen molar-refractivity contribution < 1.29 is 22.7 Å². The molecule has 0 saturated carbocycles. The topological polar surface area (TPSA) is 96.0 Å². The summed E-state index contributed by atoms with van der Waals surface area (Å²) in [6, 6.07) is 22.1. The van der Waals surface area contributed by atoms with Gasteiger partial charge in [0.05, 0.1) is 19.1 Å². The molecule has 0 aromatic heterocycles. The van der Waals surface area contributed by atoms with Gasteiger partial charge in [-0.25, -0.2) is 8.42 Å². The molecule has 3 aromatic rings. The second kappa shape index (κ2) is 14.2. The molecule has 1 atom stereocenters. The number of methoxy groups -OCH3 is 1. The maximum Gasteiger partial charge on any atom is 0.244 e. The quantitative estimate of drug-likeness (QED) is 0.318. The first-order chi connectivity index (χ1) is 19.0. The molecule has 40 heavy (non-hydrogen) atoms. The van der Waals surface area contributed by atoms with Gasteiger partial charge in [-0.15, -0.1) is 0 Å². The smallest absolute Gasteiger partial charge is 0.244 e. The minimum atomic E-state index is -3.90. The first-order valence-electron chi connectivity index (χ1n) is 13.0. The minimum absolute atomic E-state index is 0.0511. The Morgan fingerprint density at radius 2 is 1.60 bits per heavy atom. The summed E-state index contributed by atoms with van der Waals surface area (Å²) in [5, 5.41) is 3.44. The van der Waals surface area contributed by atoms with Crippen molar-refractivity contribution in [1.29, 1.82) is 0 Å². The number of ether oxygens (including phenoxy) is 1. The SMILES string of the molecule is COc1ccccc1N(CC(=O)N(Cc1cccc(Cl)c1)C(Cc1ccccc1)C(=O)NCC(C)C)S(C)(=O)=O. The summed E-state index contributed by atoms with van der Waals surface area (Å²) >= 11 is 6.24. The van der Waals surface area contributed by atoms with E-state index in [9.17, 15) is 18.0 Å². The highest BCUT2D eigenvalue weighted by molar-refractivity contribution is 7.92. The molecule has 0 aliphatic rings. The Balaban J connectivity index is 2.07. The molecule has 0 heterocycles. The second-order valence-electron chi connectivity index (χ2n) is 9.94. The summed E-state index contributed by atoms with van der Waals surface area (Å²) in [5.74, 6) is -0.365. The molecule has 8 nitrogen and oxygen atoms in total. The van der Waals surface area contributed by atoms with Crippen LogP contribution in [0.2, 0.25) is 5.02 Å². The van der Waals surface area contributed by atoms with Crippen molar-refractivity contribution in [2.45, 2.75) is 32.9 Å². The number of carbonyl (C=O) groups is 2. The number of para-hydroxylation sites is 2. The zero-order valence-electron chi connectivity index (χ0n) is 23.2. The van der Waals surface area contributed by atoms with Gasteiger partial charge in [-0.05, 0) is 41.3 Å². The maximum atomic E-state index is 14.1. The number of nitrogens with one attached hydrogen (secondary N) is 1. The molecule has 3 aromatic carbocycles. The van der Waals surface area contributed by atoms with Gasteiger partial charge >= 0.3 is 0 Å². The van der Waals surface area contributed by atoms with Crippen LogP contribution in [0, 0.1) is 5.92 Å². The summed E-state index contributed by atoms with van der Waals surface area (Å²) in [4.78, 5) is 29.2. The van der Waals surface area contributed by atoms with Gasteiger partial charge in [0.1, 0.15) is 18.3 Å². The molecule has 0 fully saturated rings. The molecular formula is C30H36ClN3O5S. The van der Waals surface area contributed by atoms with Crippen LogP contribution >= 0.6 is 11.6 Å². The Hall–Kier alpha value is -3.56. The van der Waals surface area contributed by atoms with E-state index in [0.29, 0.717) is 22.9 Å². The van der Waals surface area contributed by atoms with Crippen LogP contribution < -0.4 is 14.4 Å². The molecule has 214 valence electrons. The number of sulfonamides is 1. The maximum absolute atomic E-state index is 14.1. The van der Waals surface area contributed by atoms with E-state index >= 15 is 0 Å². The first-order valence-corrected chi connectivity index (χ1v) is 15.2. The van der Waals surface area contributed by atoms with Crippen molar-refractivity contribution in [3.8, 4) is 5.75 Å². The fourth-order valence-corrected chi connectivity index (χ4v) is 5.31. The van der Waals surface area contributed by atoms with Crippen LogP contribution in [0.15, 0.2) is 78.9 Å². The lowest BCUT2D eigenvalue weighted by molar-refractivity contribution is -0.140. The molecule has 1 unspecified atom stereocenters. The van der Waals surface area contributed by atoms with Gasteiger partial charge in [0.25, 0.3) is 0 Å². The van der Waals surface area contributed by atoms with Crippen molar-refractivity contribution in [3.05, 3.63) is 95.0 Å². The van der Waals surface area contributed by atoms with Crippen LogP contribution in [0.25, 0.3) is 0 Å². The first kappa shape index (κ1) is 31.0. The van der Waals surface area contributed by atoms with Crippen LogP contribution in [0.3, 0.4) is 0 Å². The number of hydrogen-bond donors (Lipinski definition) is 1. The van der Waals surface area contributed by atoms with E-state index in [2.05, 4.69) is 5.32 Å². The molecule has 1 N–H and O–H groups in total. The van der Waals surface area contributed by atoms with Crippen molar-refractivity contribution in [2.75, 3.05) is 30.8 Å². The van der Waals surface area contributed by atoms with E-state index in [-0.39, 0.29) is 30.5 Å². The number of hydrogen-bond acceptors (Lipinski definition) is 5.